The summed E-state index contributed by atoms with van der Waals surface area (Å²) in [5.41, 5.74) is 6.81. The lowest BCUT2D eigenvalue weighted by Gasteiger charge is -2.22. The smallest absolute Gasteiger partial charge is 0.270 e. The van der Waals surface area contributed by atoms with Gasteiger partial charge in [0.15, 0.2) is 11.9 Å². The Morgan fingerprint density at radius 1 is 1.28 bits per heavy atom. The van der Waals surface area contributed by atoms with Crippen LogP contribution in [-0.4, -0.2) is 48.8 Å². The number of hydrogen-bond donors (Lipinski definition) is 3. The van der Waals surface area contributed by atoms with Gasteiger partial charge in [0.25, 0.3) is 5.91 Å². The highest BCUT2D eigenvalue weighted by Crippen LogP contribution is 2.14. The molecule has 2 heterocycles. The molecule has 0 fully saturated rings. The number of carbonyl (C=O) groups excluding carboxylic acids is 2. The average Bonchev–Trinajstić information content (AvgIpc) is 3.09. The fraction of sp³-hybridized carbons (Fsp3) is 0.211. The van der Waals surface area contributed by atoms with Crippen molar-refractivity contribution in [1.29, 1.82) is 0 Å². The van der Waals surface area contributed by atoms with Crippen molar-refractivity contribution in [2.24, 2.45) is 5.73 Å². The first-order valence-electron chi connectivity index (χ1n) is 8.73. The van der Waals surface area contributed by atoms with E-state index in [1.165, 1.54) is 10.9 Å². The molecule has 2 unspecified atom stereocenters. The zero-order chi connectivity index (χ0) is 21.0. The van der Waals surface area contributed by atoms with Crippen LogP contribution in [-0.2, 0) is 11.2 Å². The minimum atomic E-state index is -1.56. The molecule has 4 N–H and O–H groups in total. The summed E-state index contributed by atoms with van der Waals surface area (Å²) in [6.45, 7) is 1.72. The van der Waals surface area contributed by atoms with Crippen LogP contribution >= 0.6 is 11.6 Å². The van der Waals surface area contributed by atoms with E-state index in [0.29, 0.717) is 11.5 Å². The molecule has 0 aliphatic rings. The van der Waals surface area contributed by atoms with Crippen LogP contribution in [0, 0.1) is 6.92 Å². The molecule has 0 saturated heterocycles. The van der Waals surface area contributed by atoms with Crippen LogP contribution in [0.15, 0.2) is 48.7 Å². The summed E-state index contributed by atoms with van der Waals surface area (Å²) in [6, 6.07) is 11.3. The fourth-order valence-corrected chi connectivity index (χ4v) is 2.97. The Kier molecular flexibility index (Phi) is 6.20. The quantitative estimate of drug-likeness (QED) is 0.489. The third-order valence-electron chi connectivity index (χ3n) is 4.18. The predicted octanol–water partition coefficient (Wildman–Crippen LogP) is 0.811. The van der Waals surface area contributed by atoms with Gasteiger partial charge in [-0.05, 0) is 36.6 Å². The second kappa shape index (κ2) is 8.80. The Morgan fingerprint density at radius 3 is 2.66 bits per heavy atom. The van der Waals surface area contributed by atoms with Crippen molar-refractivity contribution in [3.8, 4) is 5.82 Å². The number of benzene rings is 1. The van der Waals surface area contributed by atoms with Crippen LogP contribution in [0.5, 0.6) is 0 Å². The van der Waals surface area contributed by atoms with Gasteiger partial charge in [0, 0.05) is 12.3 Å². The topological polar surface area (TPSA) is 136 Å². The first-order valence-corrected chi connectivity index (χ1v) is 9.10. The van der Waals surface area contributed by atoms with Crippen LogP contribution in [0.1, 0.15) is 21.7 Å². The number of aryl methyl sites for hydroxylation is 1. The molecule has 0 saturated carbocycles. The van der Waals surface area contributed by atoms with Crippen LogP contribution < -0.4 is 11.1 Å². The summed E-state index contributed by atoms with van der Waals surface area (Å²) in [5, 5.41) is 17.2. The van der Waals surface area contributed by atoms with E-state index in [2.05, 4.69) is 20.4 Å². The van der Waals surface area contributed by atoms with E-state index in [1.54, 1.807) is 19.1 Å². The van der Waals surface area contributed by atoms with E-state index in [4.69, 9.17) is 17.3 Å². The van der Waals surface area contributed by atoms with E-state index >= 15 is 0 Å². The van der Waals surface area contributed by atoms with Gasteiger partial charge in [-0.25, -0.2) is 9.67 Å². The maximum atomic E-state index is 13.0. The maximum absolute atomic E-state index is 13.0. The molecular weight excluding hydrogens is 396 g/mol. The fourth-order valence-electron chi connectivity index (χ4n) is 2.83. The molecule has 29 heavy (non-hydrogen) atoms. The van der Waals surface area contributed by atoms with Crippen LogP contribution in [0.2, 0.25) is 5.28 Å². The second-order valence-electron chi connectivity index (χ2n) is 6.38. The number of primary amides is 1. The SMILES string of the molecule is Cc1cc(C(=O)NC(Cc2ccccc2)C(O)C(N)=O)n(-c2ccnc(Cl)n2)n1. The predicted molar refractivity (Wildman–Crippen MR) is 106 cm³/mol. The van der Waals surface area contributed by atoms with Gasteiger partial charge in [-0.1, -0.05) is 30.3 Å². The number of rotatable bonds is 7. The third-order valence-corrected chi connectivity index (χ3v) is 4.36. The van der Waals surface area contributed by atoms with Crippen molar-refractivity contribution in [1.82, 2.24) is 25.1 Å². The van der Waals surface area contributed by atoms with E-state index in [1.807, 2.05) is 30.3 Å². The summed E-state index contributed by atoms with van der Waals surface area (Å²) >= 11 is 5.84. The molecule has 9 nitrogen and oxygen atoms in total. The second-order valence-corrected chi connectivity index (χ2v) is 6.72. The number of aliphatic hydroxyl groups excluding tert-OH is 1. The summed E-state index contributed by atoms with van der Waals surface area (Å²) < 4.78 is 1.31. The number of aromatic nitrogens is 4. The first-order chi connectivity index (χ1) is 13.8. The van der Waals surface area contributed by atoms with E-state index in [9.17, 15) is 14.7 Å². The Bertz CT molecular complexity index is 1020. The molecule has 0 spiro atoms. The summed E-state index contributed by atoms with van der Waals surface area (Å²) in [5.74, 6) is -1.18. The van der Waals surface area contributed by atoms with E-state index in [0.717, 1.165) is 5.56 Å². The molecule has 0 radical (unpaired) electrons. The lowest BCUT2D eigenvalue weighted by Crippen LogP contribution is -2.50. The highest BCUT2D eigenvalue weighted by atomic mass is 35.5. The summed E-state index contributed by atoms with van der Waals surface area (Å²) in [4.78, 5) is 32.4. The van der Waals surface area contributed by atoms with Gasteiger partial charge in [0.05, 0.1) is 11.7 Å². The maximum Gasteiger partial charge on any atom is 0.270 e. The Labute approximate surface area is 171 Å². The first kappa shape index (κ1) is 20.4. The van der Waals surface area contributed by atoms with Gasteiger partial charge in [-0.3, -0.25) is 9.59 Å². The van der Waals surface area contributed by atoms with Crippen LogP contribution in [0.25, 0.3) is 5.82 Å². The minimum absolute atomic E-state index is 0.00751. The molecule has 0 aliphatic heterocycles. The molecule has 0 aliphatic carbocycles. The van der Waals surface area contributed by atoms with Crippen molar-refractivity contribution < 1.29 is 14.7 Å². The lowest BCUT2D eigenvalue weighted by molar-refractivity contribution is -0.127. The van der Waals surface area contributed by atoms with Crippen LogP contribution in [0.4, 0.5) is 0 Å². The Morgan fingerprint density at radius 2 is 2.00 bits per heavy atom. The highest BCUT2D eigenvalue weighted by Gasteiger charge is 2.28. The number of nitrogens with two attached hydrogens (primary N) is 1. The molecule has 3 rings (SSSR count). The van der Waals surface area contributed by atoms with Gasteiger partial charge in [-0.2, -0.15) is 10.1 Å². The molecule has 2 amide bonds. The Balaban J connectivity index is 1.89. The number of nitrogens with one attached hydrogen (secondary N) is 1. The average molecular weight is 415 g/mol. The molecule has 3 aromatic rings. The van der Waals surface area contributed by atoms with Crippen molar-refractivity contribution >= 4 is 23.4 Å². The third kappa shape index (κ3) is 4.95. The molecule has 10 heteroatoms. The Hall–Kier alpha value is -3.30. The monoisotopic (exact) mass is 414 g/mol. The molecule has 2 atom stereocenters. The summed E-state index contributed by atoms with van der Waals surface area (Å²) in [6.07, 6.45) is 0.0896. The zero-order valence-corrected chi connectivity index (χ0v) is 16.2. The van der Waals surface area contributed by atoms with Crippen molar-refractivity contribution in [3.05, 3.63) is 70.9 Å². The number of carbonyl (C=O) groups is 2. The highest BCUT2D eigenvalue weighted by molar-refractivity contribution is 6.28. The van der Waals surface area contributed by atoms with Gasteiger partial charge in [0.1, 0.15) is 5.69 Å². The van der Waals surface area contributed by atoms with E-state index in [-0.39, 0.29) is 17.4 Å². The number of hydrogen-bond acceptors (Lipinski definition) is 6. The van der Waals surface area contributed by atoms with Gasteiger partial charge >= 0.3 is 0 Å². The molecular formula is C19H19ClN6O3. The number of aliphatic hydroxyl groups is 1. The van der Waals surface area contributed by atoms with Crippen molar-refractivity contribution in [2.45, 2.75) is 25.5 Å². The van der Waals surface area contributed by atoms with Gasteiger partial charge in [-0.15, -0.1) is 0 Å². The minimum Gasteiger partial charge on any atom is -0.381 e. The van der Waals surface area contributed by atoms with Gasteiger partial charge in [0.2, 0.25) is 11.2 Å². The molecule has 1 aromatic carbocycles. The molecule has 2 aromatic heterocycles. The van der Waals surface area contributed by atoms with Crippen molar-refractivity contribution in [3.63, 3.8) is 0 Å². The standard InChI is InChI=1S/C19H19ClN6O3/c1-11-9-14(26(25-11)15-7-8-22-19(20)24-15)18(29)23-13(16(27)17(21)28)10-12-5-3-2-4-6-12/h2-9,13,16,27H,10H2,1H3,(H2,21,28)(H,23,29). The van der Waals surface area contributed by atoms with Gasteiger partial charge < -0.3 is 16.2 Å². The van der Waals surface area contributed by atoms with Crippen molar-refractivity contribution in [2.75, 3.05) is 0 Å². The number of amides is 2. The number of nitrogens with zero attached hydrogens (tertiary/aromatic N) is 4. The largest absolute Gasteiger partial charge is 0.381 e. The molecule has 150 valence electrons. The lowest BCUT2D eigenvalue weighted by atomic mass is 10.0. The van der Waals surface area contributed by atoms with E-state index < -0.39 is 24.0 Å². The zero-order valence-electron chi connectivity index (χ0n) is 15.5. The normalized spacial score (nSPS) is 12.9. The molecule has 0 bridgehead atoms. The number of halogens is 1. The van der Waals surface area contributed by atoms with Crippen LogP contribution in [0.3, 0.4) is 0 Å². The summed E-state index contributed by atoms with van der Waals surface area (Å²) in [7, 11) is 0.